The number of hydrogen-bond donors (Lipinski definition) is 3. The van der Waals surface area contributed by atoms with E-state index in [0.29, 0.717) is 17.9 Å². The maximum atomic E-state index is 12.6. The molecule has 0 bridgehead atoms. The van der Waals surface area contributed by atoms with Crippen LogP contribution in [-0.2, 0) is 4.79 Å². The maximum absolute atomic E-state index is 12.6. The summed E-state index contributed by atoms with van der Waals surface area (Å²) in [6.07, 6.45) is 7.26. The van der Waals surface area contributed by atoms with Crippen molar-refractivity contribution in [1.29, 1.82) is 0 Å². The minimum atomic E-state index is -0.0865. The van der Waals surface area contributed by atoms with Crippen molar-refractivity contribution in [2.45, 2.75) is 44.6 Å². The van der Waals surface area contributed by atoms with Gasteiger partial charge in [-0.15, -0.1) is 0 Å². The Morgan fingerprint density at radius 2 is 2.22 bits per heavy atom. The van der Waals surface area contributed by atoms with Crippen LogP contribution in [-0.4, -0.2) is 38.1 Å². The first-order chi connectivity index (χ1) is 8.81. The Kier molecular flexibility index (Phi) is 3.57. The summed E-state index contributed by atoms with van der Waals surface area (Å²) in [5.41, 5.74) is -0.0865. The Morgan fingerprint density at radius 1 is 1.28 bits per heavy atom. The molecule has 1 unspecified atom stereocenters. The standard InChI is InChI=1S/C14H25N3O/c18-13(17-9-12-5-3-7-16-12)14-6-2-1-4-11(14)8-15-10-14/h11-12,15-16H,1-10H2,(H,17,18)/t11-,12?,14+/m0/s1. The second kappa shape index (κ2) is 5.17. The van der Waals surface area contributed by atoms with E-state index in [9.17, 15) is 4.79 Å². The third-order valence-electron chi connectivity index (χ3n) is 5.16. The summed E-state index contributed by atoms with van der Waals surface area (Å²) in [5, 5.41) is 10.1. The van der Waals surface area contributed by atoms with Gasteiger partial charge in [0, 0.05) is 19.1 Å². The Morgan fingerprint density at radius 3 is 3.06 bits per heavy atom. The highest BCUT2D eigenvalue weighted by molar-refractivity contribution is 5.83. The van der Waals surface area contributed by atoms with Gasteiger partial charge in [-0.25, -0.2) is 0 Å². The lowest BCUT2D eigenvalue weighted by Gasteiger charge is -2.37. The van der Waals surface area contributed by atoms with Gasteiger partial charge in [0.25, 0.3) is 0 Å². The third-order valence-corrected chi connectivity index (χ3v) is 5.16. The van der Waals surface area contributed by atoms with E-state index in [1.54, 1.807) is 0 Å². The van der Waals surface area contributed by atoms with Crippen molar-refractivity contribution in [2.75, 3.05) is 26.2 Å². The number of carbonyl (C=O) groups is 1. The minimum Gasteiger partial charge on any atom is -0.354 e. The highest BCUT2D eigenvalue weighted by Crippen LogP contribution is 2.43. The van der Waals surface area contributed by atoms with Crippen molar-refractivity contribution < 1.29 is 4.79 Å². The second-order valence-electron chi connectivity index (χ2n) is 6.23. The number of hydrogen-bond acceptors (Lipinski definition) is 3. The lowest BCUT2D eigenvalue weighted by molar-refractivity contribution is -0.134. The van der Waals surface area contributed by atoms with Crippen LogP contribution in [0.5, 0.6) is 0 Å². The molecular weight excluding hydrogens is 226 g/mol. The molecular formula is C14H25N3O. The summed E-state index contributed by atoms with van der Waals surface area (Å²) in [6, 6.07) is 0.502. The molecule has 0 aromatic carbocycles. The van der Waals surface area contributed by atoms with E-state index in [4.69, 9.17) is 0 Å². The van der Waals surface area contributed by atoms with Gasteiger partial charge in [0.1, 0.15) is 0 Å². The van der Waals surface area contributed by atoms with Crippen LogP contribution in [0.1, 0.15) is 38.5 Å². The fraction of sp³-hybridized carbons (Fsp3) is 0.929. The smallest absolute Gasteiger partial charge is 0.227 e. The molecule has 0 spiro atoms. The fourth-order valence-electron chi connectivity index (χ4n) is 4.01. The maximum Gasteiger partial charge on any atom is 0.227 e. The largest absolute Gasteiger partial charge is 0.354 e. The molecule has 4 heteroatoms. The highest BCUT2D eigenvalue weighted by atomic mass is 16.2. The lowest BCUT2D eigenvalue weighted by atomic mass is 9.67. The molecule has 3 rings (SSSR count). The first kappa shape index (κ1) is 12.4. The van der Waals surface area contributed by atoms with Crippen molar-refractivity contribution in [3.8, 4) is 0 Å². The molecule has 3 atom stereocenters. The van der Waals surface area contributed by atoms with Gasteiger partial charge in [0.15, 0.2) is 0 Å². The summed E-state index contributed by atoms with van der Waals surface area (Å²) in [5.74, 6) is 0.883. The SMILES string of the molecule is O=C(NCC1CCCN1)[C@@]12CCCC[C@H]1CNC2. The average molecular weight is 251 g/mol. The van der Waals surface area contributed by atoms with E-state index in [2.05, 4.69) is 16.0 Å². The number of amides is 1. The molecule has 1 aliphatic carbocycles. The normalized spacial score (nSPS) is 39.6. The van der Waals surface area contributed by atoms with Gasteiger partial charge in [0.2, 0.25) is 5.91 Å². The molecule has 102 valence electrons. The first-order valence-electron chi connectivity index (χ1n) is 7.54. The van der Waals surface area contributed by atoms with Crippen molar-refractivity contribution >= 4 is 5.91 Å². The van der Waals surface area contributed by atoms with E-state index in [1.165, 1.54) is 32.1 Å². The Balaban J connectivity index is 1.59. The average Bonchev–Trinajstić information content (AvgIpc) is 3.05. The van der Waals surface area contributed by atoms with Gasteiger partial charge in [0.05, 0.1) is 5.41 Å². The Labute approximate surface area is 109 Å². The van der Waals surface area contributed by atoms with Gasteiger partial charge >= 0.3 is 0 Å². The van der Waals surface area contributed by atoms with Gasteiger partial charge in [-0.2, -0.15) is 0 Å². The van der Waals surface area contributed by atoms with Crippen LogP contribution in [0.2, 0.25) is 0 Å². The third kappa shape index (κ3) is 2.16. The molecule has 0 radical (unpaired) electrons. The number of fused-ring (bicyclic) bond motifs is 1. The molecule has 1 saturated carbocycles. The summed E-state index contributed by atoms with van der Waals surface area (Å²) in [7, 11) is 0. The molecule has 3 fully saturated rings. The molecule has 0 aromatic heterocycles. The lowest BCUT2D eigenvalue weighted by Crippen LogP contribution is -2.50. The Hall–Kier alpha value is -0.610. The van der Waals surface area contributed by atoms with Gasteiger partial charge in [-0.05, 0) is 44.7 Å². The van der Waals surface area contributed by atoms with Crippen LogP contribution in [0.15, 0.2) is 0 Å². The summed E-state index contributed by atoms with van der Waals surface area (Å²) < 4.78 is 0. The molecule has 2 aliphatic heterocycles. The Bertz CT molecular complexity index is 314. The van der Waals surface area contributed by atoms with E-state index in [-0.39, 0.29) is 5.41 Å². The number of nitrogens with one attached hydrogen (secondary N) is 3. The summed E-state index contributed by atoms with van der Waals surface area (Å²) in [4.78, 5) is 12.6. The van der Waals surface area contributed by atoms with Crippen molar-refractivity contribution in [1.82, 2.24) is 16.0 Å². The molecule has 2 heterocycles. The summed E-state index contributed by atoms with van der Waals surface area (Å²) in [6.45, 7) is 3.85. The number of rotatable bonds is 3. The van der Waals surface area contributed by atoms with Crippen molar-refractivity contribution in [3.05, 3.63) is 0 Å². The number of carbonyl (C=O) groups excluding carboxylic acids is 1. The summed E-state index contributed by atoms with van der Waals surface area (Å²) >= 11 is 0. The molecule has 3 N–H and O–H groups in total. The van der Waals surface area contributed by atoms with Crippen LogP contribution in [0.3, 0.4) is 0 Å². The van der Waals surface area contributed by atoms with Crippen molar-refractivity contribution in [3.63, 3.8) is 0 Å². The quantitative estimate of drug-likeness (QED) is 0.690. The van der Waals surface area contributed by atoms with Gasteiger partial charge in [-0.1, -0.05) is 12.8 Å². The molecule has 2 saturated heterocycles. The topological polar surface area (TPSA) is 53.2 Å². The van der Waals surface area contributed by atoms with E-state index in [0.717, 1.165) is 32.6 Å². The molecule has 4 nitrogen and oxygen atoms in total. The van der Waals surface area contributed by atoms with E-state index < -0.39 is 0 Å². The zero-order valence-corrected chi connectivity index (χ0v) is 11.1. The molecule has 0 aromatic rings. The van der Waals surface area contributed by atoms with Gasteiger partial charge in [-0.3, -0.25) is 4.79 Å². The molecule has 1 amide bonds. The second-order valence-corrected chi connectivity index (χ2v) is 6.23. The predicted molar refractivity (Wildman–Crippen MR) is 71.3 cm³/mol. The van der Waals surface area contributed by atoms with Crippen LogP contribution in [0, 0.1) is 11.3 Å². The predicted octanol–water partition coefficient (Wildman–Crippen LogP) is 0.634. The van der Waals surface area contributed by atoms with Crippen LogP contribution >= 0.6 is 0 Å². The monoisotopic (exact) mass is 251 g/mol. The fourth-order valence-corrected chi connectivity index (χ4v) is 4.01. The van der Waals surface area contributed by atoms with Gasteiger partial charge < -0.3 is 16.0 Å². The first-order valence-corrected chi connectivity index (χ1v) is 7.54. The highest BCUT2D eigenvalue weighted by Gasteiger charge is 2.49. The zero-order chi connectivity index (χ0) is 12.4. The minimum absolute atomic E-state index is 0.0865. The molecule has 3 aliphatic rings. The molecule has 18 heavy (non-hydrogen) atoms. The van der Waals surface area contributed by atoms with E-state index in [1.807, 2.05) is 0 Å². The van der Waals surface area contributed by atoms with E-state index >= 15 is 0 Å². The van der Waals surface area contributed by atoms with Crippen molar-refractivity contribution in [2.24, 2.45) is 11.3 Å². The van der Waals surface area contributed by atoms with Crippen LogP contribution in [0.4, 0.5) is 0 Å². The van der Waals surface area contributed by atoms with Crippen LogP contribution in [0.25, 0.3) is 0 Å². The zero-order valence-electron chi connectivity index (χ0n) is 11.1. The van der Waals surface area contributed by atoms with Crippen LogP contribution < -0.4 is 16.0 Å².